The van der Waals surface area contributed by atoms with E-state index in [1.165, 1.54) is 12.7 Å². The summed E-state index contributed by atoms with van der Waals surface area (Å²) in [6.45, 7) is 3.07. The van der Waals surface area contributed by atoms with Crippen LogP contribution in [0.1, 0.15) is 42.7 Å². The maximum absolute atomic E-state index is 11.3. The summed E-state index contributed by atoms with van der Waals surface area (Å²) in [4.78, 5) is 21.9. The van der Waals surface area contributed by atoms with E-state index in [9.17, 15) is 9.59 Å². The van der Waals surface area contributed by atoms with E-state index in [1.807, 2.05) is 13.0 Å². The number of halogens is 1. The number of benzene rings is 1. The Morgan fingerprint density at radius 3 is 2.83 bits per heavy atom. The lowest BCUT2D eigenvalue weighted by Gasteiger charge is -2.14. The van der Waals surface area contributed by atoms with Crippen molar-refractivity contribution in [2.24, 2.45) is 5.73 Å². The molecule has 1 amide bonds. The second kappa shape index (κ2) is 8.62. The highest BCUT2D eigenvalue weighted by atomic mass is 35.5. The number of primary amides is 1. The molecule has 2 unspecified atom stereocenters. The Balaban J connectivity index is 0.00000264. The van der Waals surface area contributed by atoms with Gasteiger partial charge in [-0.15, -0.1) is 12.4 Å². The van der Waals surface area contributed by atoms with Crippen LogP contribution in [0.25, 0.3) is 0 Å². The number of esters is 1. The molecule has 0 spiro atoms. The fourth-order valence-electron chi connectivity index (χ4n) is 2.69. The first-order valence-electron chi connectivity index (χ1n) is 7.38. The molecule has 1 heterocycles. The van der Waals surface area contributed by atoms with Gasteiger partial charge in [-0.25, -0.2) is 4.79 Å². The molecule has 0 saturated carbocycles. The smallest absolute Gasteiger partial charge is 0.404 e. The molecule has 1 aromatic rings. The minimum Gasteiger partial charge on any atom is -0.469 e. The first-order chi connectivity index (χ1) is 10.5. The van der Waals surface area contributed by atoms with Gasteiger partial charge in [-0.3, -0.25) is 4.79 Å². The Labute approximate surface area is 142 Å². The van der Waals surface area contributed by atoms with Gasteiger partial charge in [-0.1, -0.05) is 19.1 Å². The molecule has 7 heteroatoms. The molecule has 1 aliphatic rings. The summed E-state index contributed by atoms with van der Waals surface area (Å²) < 4.78 is 9.53. The van der Waals surface area contributed by atoms with E-state index in [1.54, 1.807) is 0 Å². The number of amides is 1. The van der Waals surface area contributed by atoms with Crippen molar-refractivity contribution in [3.63, 3.8) is 0 Å². The van der Waals surface area contributed by atoms with Crippen molar-refractivity contribution >= 4 is 30.2 Å². The molecule has 1 aromatic carbocycles. The molecule has 3 N–H and O–H groups in total. The number of carbonyl (C=O) groups is 2. The summed E-state index contributed by atoms with van der Waals surface area (Å²) in [7, 11) is 1.41. The van der Waals surface area contributed by atoms with Crippen molar-refractivity contribution in [3.8, 4) is 0 Å². The number of fused-ring (bicyclic) bond motifs is 1. The molecule has 0 saturated heterocycles. The molecule has 23 heavy (non-hydrogen) atoms. The maximum Gasteiger partial charge on any atom is 0.404 e. The number of methoxy groups -OCH3 is 1. The van der Waals surface area contributed by atoms with E-state index in [2.05, 4.69) is 22.2 Å². The molecular formula is C16H23ClN2O4. The molecule has 0 aliphatic carbocycles. The standard InChI is InChI=1S/C16H22N2O4.ClH/c1-10(9-22-16(17)20)11-3-5-13-12(4-6-15(19)21-2)8-18-14(13)7-11;/h3,5,7,10,12,18H,4,6,8-9H2,1-2H3,(H2,17,20);1H. The van der Waals surface area contributed by atoms with E-state index in [4.69, 9.17) is 10.5 Å². The van der Waals surface area contributed by atoms with Gasteiger partial charge in [0.1, 0.15) is 0 Å². The Bertz CT molecular complexity index is 565. The van der Waals surface area contributed by atoms with Crippen molar-refractivity contribution < 1.29 is 19.1 Å². The zero-order valence-electron chi connectivity index (χ0n) is 13.3. The molecule has 2 atom stereocenters. The van der Waals surface area contributed by atoms with Crippen LogP contribution >= 0.6 is 12.4 Å². The first kappa shape index (κ1) is 19.1. The molecule has 0 radical (unpaired) electrons. The number of rotatable bonds is 6. The molecule has 0 aromatic heterocycles. The Hall–Kier alpha value is -1.95. The fraction of sp³-hybridized carbons (Fsp3) is 0.500. The molecule has 1 aliphatic heterocycles. The number of anilines is 1. The van der Waals surface area contributed by atoms with E-state index in [0.717, 1.165) is 24.2 Å². The van der Waals surface area contributed by atoms with Gasteiger partial charge >= 0.3 is 12.1 Å². The molecule has 128 valence electrons. The average molecular weight is 343 g/mol. The second-order valence-corrected chi connectivity index (χ2v) is 5.57. The van der Waals surface area contributed by atoms with E-state index < -0.39 is 6.09 Å². The summed E-state index contributed by atoms with van der Waals surface area (Å²) >= 11 is 0. The summed E-state index contributed by atoms with van der Waals surface area (Å²) in [6.07, 6.45) is 0.438. The van der Waals surface area contributed by atoms with Crippen LogP contribution in [0.3, 0.4) is 0 Å². The number of nitrogens with two attached hydrogens (primary N) is 1. The zero-order chi connectivity index (χ0) is 16.1. The van der Waals surface area contributed by atoms with Crippen LogP contribution in [-0.2, 0) is 14.3 Å². The summed E-state index contributed by atoms with van der Waals surface area (Å²) in [5, 5.41) is 3.37. The Morgan fingerprint density at radius 1 is 1.43 bits per heavy atom. The summed E-state index contributed by atoms with van der Waals surface area (Å²) in [6, 6.07) is 6.18. The third kappa shape index (κ3) is 5.03. The van der Waals surface area contributed by atoms with Crippen molar-refractivity contribution in [2.75, 3.05) is 25.6 Å². The van der Waals surface area contributed by atoms with Crippen molar-refractivity contribution in [2.45, 2.75) is 31.6 Å². The van der Waals surface area contributed by atoms with Crippen LogP contribution < -0.4 is 11.1 Å². The van der Waals surface area contributed by atoms with Gasteiger partial charge in [0.25, 0.3) is 0 Å². The number of hydrogen-bond acceptors (Lipinski definition) is 5. The van der Waals surface area contributed by atoms with Gasteiger partial charge in [0.2, 0.25) is 0 Å². The molecule has 0 bridgehead atoms. The van der Waals surface area contributed by atoms with Gasteiger partial charge < -0.3 is 20.5 Å². The van der Waals surface area contributed by atoms with E-state index in [-0.39, 0.29) is 30.9 Å². The number of carbonyl (C=O) groups excluding carboxylic acids is 2. The Kier molecular flexibility index (Phi) is 7.16. The van der Waals surface area contributed by atoms with Gasteiger partial charge in [-0.2, -0.15) is 0 Å². The third-order valence-electron chi connectivity index (χ3n) is 4.03. The lowest BCUT2D eigenvalue weighted by molar-refractivity contribution is -0.140. The average Bonchev–Trinajstić information content (AvgIpc) is 2.92. The topological polar surface area (TPSA) is 90.7 Å². The van der Waals surface area contributed by atoms with Crippen molar-refractivity contribution in [1.82, 2.24) is 0 Å². The third-order valence-corrected chi connectivity index (χ3v) is 4.03. The predicted octanol–water partition coefficient (Wildman–Crippen LogP) is 2.77. The van der Waals surface area contributed by atoms with Crippen LogP contribution in [0.4, 0.5) is 10.5 Å². The highest BCUT2D eigenvalue weighted by Crippen LogP contribution is 2.36. The maximum atomic E-state index is 11.3. The molecule has 6 nitrogen and oxygen atoms in total. The van der Waals surface area contributed by atoms with Crippen molar-refractivity contribution in [3.05, 3.63) is 29.3 Å². The van der Waals surface area contributed by atoms with Crippen LogP contribution in [0.15, 0.2) is 18.2 Å². The van der Waals surface area contributed by atoms with E-state index >= 15 is 0 Å². The monoisotopic (exact) mass is 342 g/mol. The van der Waals surface area contributed by atoms with E-state index in [0.29, 0.717) is 12.3 Å². The number of ether oxygens (including phenoxy) is 2. The fourth-order valence-corrected chi connectivity index (χ4v) is 2.69. The number of hydrogen-bond donors (Lipinski definition) is 2. The summed E-state index contributed by atoms with van der Waals surface area (Å²) in [5.74, 6) is 0.219. The van der Waals surface area contributed by atoms with Crippen LogP contribution in [-0.4, -0.2) is 32.3 Å². The van der Waals surface area contributed by atoms with Crippen LogP contribution in [0.2, 0.25) is 0 Å². The van der Waals surface area contributed by atoms with Gasteiger partial charge in [0.15, 0.2) is 0 Å². The first-order valence-corrected chi connectivity index (χ1v) is 7.38. The lowest BCUT2D eigenvalue weighted by Crippen LogP contribution is -2.16. The minimum absolute atomic E-state index is 0. The minimum atomic E-state index is -0.756. The Morgan fingerprint density at radius 2 is 2.17 bits per heavy atom. The second-order valence-electron chi connectivity index (χ2n) is 5.57. The van der Waals surface area contributed by atoms with Gasteiger partial charge in [0.05, 0.1) is 13.7 Å². The van der Waals surface area contributed by atoms with Gasteiger partial charge in [0, 0.05) is 30.5 Å². The molecule has 2 rings (SSSR count). The lowest BCUT2D eigenvalue weighted by atomic mass is 9.93. The predicted molar refractivity (Wildman–Crippen MR) is 90.1 cm³/mol. The highest BCUT2D eigenvalue weighted by Gasteiger charge is 2.23. The van der Waals surface area contributed by atoms with Gasteiger partial charge in [-0.05, 0) is 23.6 Å². The largest absolute Gasteiger partial charge is 0.469 e. The zero-order valence-corrected chi connectivity index (χ0v) is 14.2. The molecule has 0 fully saturated rings. The van der Waals surface area contributed by atoms with Crippen LogP contribution in [0.5, 0.6) is 0 Å². The SMILES string of the molecule is COC(=O)CCC1CNc2cc(C(C)COC(N)=O)ccc21.Cl. The quantitative estimate of drug-likeness (QED) is 0.776. The van der Waals surface area contributed by atoms with Crippen LogP contribution in [0, 0.1) is 0 Å². The molecular weight excluding hydrogens is 320 g/mol. The normalized spacial score (nSPS) is 16.5. The summed E-state index contributed by atoms with van der Waals surface area (Å²) in [5.41, 5.74) is 8.37. The highest BCUT2D eigenvalue weighted by molar-refractivity contribution is 5.85. The number of nitrogens with one attached hydrogen (secondary N) is 1. The van der Waals surface area contributed by atoms with Crippen molar-refractivity contribution in [1.29, 1.82) is 0 Å².